The van der Waals surface area contributed by atoms with E-state index in [9.17, 15) is 9.59 Å². The lowest BCUT2D eigenvalue weighted by molar-refractivity contribution is -0.120. The van der Waals surface area contributed by atoms with E-state index in [1.165, 1.54) is 17.7 Å². The summed E-state index contributed by atoms with van der Waals surface area (Å²) in [5.74, 6) is 0.514. The number of rotatable bonds is 5. The molecule has 0 aliphatic carbocycles. The lowest BCUT2D eigenvalue weighted by Crippen LogP contribution is -2.27. The summed E-state index contributed by atoms with van der Waals surface area (Å²) in [6.45, 7) is 1.61. The van der Waals surface area contributed by atoms with Gasteiger partial charge >= 0.3 is 0 Å². The van der Waals surface area contributed by atoms with Crippen molar-refractivity contribution in [2.45, 2.75) is 13.0 Å². The number of hydrogen-bond acceptors (Lipinski definition) is 5. The fourth-order valence-electron chi connectivity index (χ4n) is 2.23. The average molecular weight is 335 g/mol. The summed E-state index contributed by atoms with van der Waals surface area (Å²) in [6.07, 6.45) is 0. The first-order chi connectivity index (χ1) is 10.9. The van der Waals surface area contributed by atoms with Crippen LogP contribution >= 0.6 is 12.2 Å². The lowest BCUT2D eigenvalue weighted by atomic mass is 10.1. The van der Waals surface area contributed by atoms with Crippen molar-refractivity contribution in [2.75, 3.05) is 14.2 Å². The molecule has 1 amide bonds. The molecule has 1 aromatic heterocycles. The maximum Gasteiger partial charge on any atom is 0.252 e. The van der Waals surface area contributed by atoms with Crippen LogP contribution in [0.25, 0.3) is 11.3 Å². The van der Waals surface area contributed by atoms with E-state index in [0.717, 1.165) is 0 Å². The summed E-state index contributed by atoms with van der Waals surface area (Å²) < 4.78 is 12.1. The molecule has 0 fully saturated rings. The molecule has 0 radical (unpaired) electrons. The largest absolute Gasteiger partial charge is 0.497 e. The van der Waals surface area contributed by atoms with Gasteiger partial charge in [0.1, 0.15) is 17.5 Å². The van der Waals surface area contributed by atoms with Crippen LogP contribution in [-0.4, -0.2) is 29.7 Å². The van der Waals surface area contributed by atoms with Crippen LogP contribution in [0.4, 0.5) is 0 Å². The summed E-state index contributed by atoms with van der Waals surface area (Å²) in [5.41, 5.74) is 6.04. The first kappa shape index (κ1) is 16.8. The van der Waals surface area contributed by atoms with Gasteiger partial charge < -0.3 is 19.8 Å². The fourth-order valence-corrected chi connectivity index (χ4v) is 2.59. The minimum Gasteiger partial charge on any atom is -0.497 e. The van der Waals surface area contributed by atoms with Gasteiger partial charge in [0.15, 0.2) is 4.77 Å². The molecule has 0 aliphatic rings. The molecule has 23 heavy (non-hydrogen) atoms. The molecule has 1 unspecified atom stereocenters. The molecule has 0 saturated carbocycles. The van der Waals surface area contributed by atoms with Crippen molar-refractivity contribution in [2.24, 2.45) is 5.73 Å². The number of carbonyl (C=O) groups excluding carboxylic acids is 1. The zero-order valence-corrected chi connectivity index (χ0v) is 13.8. The summed E-state index contributed by atoms with van der Waals surface area (Å²) in [6, 6.07) is 5.74. The Morgan fingerprint density at radius 2 is 2.00 bits per heavy atom. The summed E-state index contributed by atoms with van der Waals surface area (Å²) in [7, 11) is 3.04. The standard InChI is InChI=1S/C15H17N3O4S/c1-8(14(16)20)18-11(7-13(19)17-15(18)23)10-5-4-9(21-2)6-12(10)22-3/h4-8H,1-3H3,(H2,16,20)(H,17,19,23). The van der Waals surface area contributed by atoms with E-state index in [2.05, 4.69) is 4.98 Å². The number of methoxy groups -OCH3 is 2. The van der Waals surface area contributed by atoms with Gasteiger partial charge in [-0.3, -0.25) is 14.6 Å². The van der Waals surface area contributed by atoms with Crippen LogP contribution < -0.4 is 20.8 Å². The smallest absolute Gasteiger partial charge is 0.252 e. The molecular formula is C15H17N3O4S. The number of hydrogen-bond donors (Lipinski definition) is 2. The molecule has 0 aliphatic heterocycles. The van der Waals surface area contributed by atoms with Gasteiger partial charge in [0, 0.05) is 17.7 Å². The van der Waals surface area contributed by atoms with E-state index in [4.69, 9.17) is 27.4 Å². The summed E-state index contributed by atoms with van der Waals surface area (Å²) >= 11 is 5.18. The van der Waals surface area contributed by atoms with Crippen LogP contribution in [0.2, 0.25) is 0 Å². The number of nitrogens with one attached hydrogen (secondary N) is 1. The Hall–Kier alpha value is -2.61. The van der Waals surface area contributed by atoms with E-state index >= 15 is 0 Å². The molecule has 0 bridgehead atoms. The highest BCUT2D eigenvalue weighted by molar-refractivity contribution is 7.71. The second-order valence-corrected chi connectivity index (χ2v) is 5.23. The fraction of sp³-hybridized carbons (Fsp3) is 0.267. The van der Waals surface area contributed by atoms with E-state index in [1.807, 2.05) is 0 Å². The number of H-pyrrole nitrogens is 1. The number of nitrogens with two attached hydrogens (primary N) is 1. The zero-order chi connectivity index (χ0) is 17.1. The Balaban J connectivity index is 2.80. The molecule has 3 N–H and O–H groups in total. The molecule has 2 aromatic rings. The Morgan fingerprint density at radius 3 is 2.57 bits per heavy atom. The van der Waals surface area contributed by atoms with Crippen LogP contribution in [-0.2, 0) is 4.79 Å². The highest BCUT2D eigenvalue weighted by atomic mass is 32.1. The first-order valence-corrected chi connectivity index (χ1v) is 7.17. The summed E-state index contributed by atoms with van der Waals surface area (Å²) in [4.78, 5) is 25.9. The number of carbonyl (C=O) groups is 1. The van der Waals surface area contributed by atoms with Gasteiger partial charge in [-0.25, -0.2) is 0 Å². The molecule has 0 saturated heterocycles. The van der Waals surface area contributed by atoms with Gasteiger partial charge in [0.2, 0.25) is 5.91 Å². The zero-order valence-electron chi connectivity index (χ0n) is 13.0. The Bertz CT molecular complexity index is 857. The second kappa shape index (κ2) is 6.66. The summed E-state index contributed by atoms with van der Waals surface area (Å²) in [5, 5.41) is 0. The minimum atomic E-state index is -0.735. The predicted octanol–water partition coefficient (Wildman–Crippen LogP) is 1.64. The van der Waals surface area contributed by atoms with Crippen molar-refractivity contribution in [1.29, 1.82) is 0 Å². The molecule has 122 valence electrons. The molecule has 1 aromatic carbocycles. The maximum atomic E-state index is 11.8. The van der Waals surface area contributed by atoms with Crippen LogP contribution in [0, 0.1) is 4.77 Å². The minimum absolute atomic E-state index is 0.108. The highest BCUT2D eigenvalue weighted by Crippen LogP contribution is 2.33. The van der Waals surface area contributed by atoms with Crippen molar-refractivity contribution in [3.05, 3.63) is 39.4 Å². The van der Waals surface area contributed by atoms with Crippen molar-refractivity contribution in [3.63, 3.8) is 0 Å². The molecular weight excluding hydrogens is 318 g/mol. The SMILES string of the molecule is COc1ccc(-c2cc(=O)[nH]c(=S)n2C(C)C(N)=O)c(OC)c1. The van der Waals surface area contributed by atoms with Crippen LogP contribution in [0.1, 0.15) is 13.0 Å². The second-order valence-electron chi connectivity index (χ2n) is 4.84. The molecule has 1 heterocycles. The van der Waals surface area contributed by atoms with Gasteiger partial charge in [-0.2, -0.15) is 0 Å². The van der Waals surface area contributed by atoms with Gasteiger partial charge in [-0.05, 0) is 31.3 Å². The third-order valence-electron chi connectivity index (χ3n) is 3.46. The molecule has 7 nitrogen and oxygen atoms in total. The quantitative estimate of drug-likeness (QED) is 0.809. The number of primary amides is 1. The van der Waals surface area contributed by atoms with Gasteiger partial charge in [0.25, 0.3) is 5.56 Å². The molecule has 8 heteroatoms. The number of nitrogens with zero attached hydrogens (tertiary/aromatic N) is 1. The van der Waals surface area contributed by atoms with Gasteiger partial charge in [0.05, 0.1) is 19.9 Å². The first-order valence-electron chi connectivity index (χ1n) is 6.76. The van der Waals surface area contributed by atoms with Crippen LogP contribution in [0.15, 0.2) is 29.1 Å². The normalized spacial score (nSPS) is 11.8. The monoisotopic (exact) mass is 335 g/mol. The van der Waals surface area contributed by atoms with Crippen molar-refractivity contribution in [1.82, 2.24) is 9.55 Å². The number of ether oxygens (including phenoxy) is 2. The van der Waals surface area contributed by atoms with Gasteiger partial charge in [-0.15, -0.1) is 0 Å². The van der Waals surface area contributed by atoms with E-state index in [-0.39, 0.29) is 10.3 Å². The Morgan fingerprint density at radius 1 is 1.30 bits per heavy atom. The Kier molecular flexibility index (Phi) is 4.85. The molecule has 2 rings (SSSR count). The number of amides is 1. The van der Waals surface area contributed by atoms with Crippen molar-refractivity contribution in [3.8, 4) is 22.8 Å². The number of aromatic nitrogens is 2. The lowest BCUT2D eigenvalue weighted by Gasteiger charge is -2.19. The number of benzene rings is 1. The van der Waals surface area contributed by atoms with E-state index in [1.54, 1.807) is 32.2 Å². The highest BCUT2D eigenvalue weighted by Gasteiger charge is 2.19. The Labute approximate surface area is 137 Å². The average Bonchev–Trinajstić information content (AvgIpc) is 2.52. The third-order valence-corrected chi connectivity index (χ3v) is 3.76. The molecule has 0 spiro atoms. The van der Waals surface area contributed by atoms with Crippen LogP contribution in [0.3, 0.4) is 0 Å². The number of aromatic amines is 1. The van der Waals surface area contributed by atoms with Crippen molar-refractivity contribution >= 4 is 18.1 Å². The van der Waals surface area contributed by atoms with Crippen LogP contribution in [0.5, 0.6) is 11.5 Å². The van der Waals surface area contributed by atoms with Gasteiger partial charge in [-0.1, -0.05) is 0 Å². The van der Waals surface area contributed by atoms with E-state index in [0.29, 0.717) is 22.8 Å². The third kappa shape index (κ3) is 3.26. The van der Waals surface area contributed by atoms with Crippen molar-refractivity contribution < 1.29 is 14.3 Å². The predicted molar refractivity (Wildman–Crippen MR) is 88.3 cm³/mol. The molecule has 1 atom stereocenters. The van der Waals surface area contributed by atoms with E-state index < -0.39 is 11.9 Å². The maximum absolute atomic E-state index is 11.8. The topological polar surface area (TPSA) is 99.3 Å².